The van der Waals surface area contributed by atoms with Gasteiger partial charge in [0.05, 0.1) is 5.56 Å². The second kappa shape index (κ2) is 4.53. The number of rotatable bonds is 2. The predicted molar refractivity (Wildman–Crippen MR) is 56.2 cm³/mol. The van der Waals surface area contributed by atoms with Gasteiger partial charge in [-0.3, -0.25) is 0 Å². The van der Waals surface area contributed by atoms with Crippen LogP contribution >= 0.6 is 15.9 Å². The van der Waals surface area contributed by atoms with E-state index >= 15 is 0 Å². The topological polar surface area (TPSA) is 83.5 Å². The number of hydrogen-bond acceptors (Lipinski definition) is 3. The highest BCUT2D eigenvalue weighted by Crippen LogP contribution is 2.40. The monoisotopic (exact) mass is 313 g/mol. The molecular formula is C9H7BrF3NO3. The molecule has 0 aliphatic heterocycles. The van der Waals surface area contributed by atoms with Gasteiger partial charge in [0, 0.05) is 15.7 Å². The van der Waals surface area contributed by atoms with E-state index in [1.165, 1.54) is 0 Å². The fraction of sp³-hybridized carbons (Fsp3) is 0.222. The molecule has 0 amide bonds. The van der Waals surface area contributed by atoms with Crippen molar-refractivity contribution in [1.82, 2.24) is 0 Å². The number of carboxylic acids is 1. The van der Waals surface area contributed by atoms with E-state index in [2.05, 4.69) is 15.9 Å². The Morgan fingerprint density at radius 1 is 1.41 bits per heavy atom. The molecule has 0 spiro atoms. The summed E-state index contributed by atoms with van der Waals surface area (Å²) in [5, 5.41) is 17.7. The Morgan fingerprint density at radius 3 is 2.35 bits per heavy atom. The quantitative estimate of drug-likeness (QED) is 0.731. The normalized spacial score (nSPS) is 13.5. The zero-order chi connectivity index (χ0) is 13.4. The Labute approximate surface area is 102 Å². The van der Waals surface area contributed by atoms with E-state index in [-0.39, 0.29) is 4.47 Å². The van der Waals surface area contributed by atoms with Gasteiger partial charge in [0.2, 0.25) is 0 Å². The average molecular weight is 314 g/mol. The average Bonchev–Trinajstić information content (AvgIpc) is 2.12. The van der Waals surface area contributed by atoms with Crippen molar-refractivity contribution in [2.24, 2.45) is 0 Å². The van der Waals surface area contributed by atoms with Crippen LogP contribution in [0.5, 0.6) is 0 Å². The number of carbonyl (C=O) groups is 1. The lowest BCUT2D eigenvalue weighted by atomic mass is 10.00. The van der Waals surface area contributed by atoms with E-state index in [0.29, 0.717) is 0 Å². The fourth-order valence-corrected chi connectivity index (χ4v) is 1.82. The first-order valence-electron chi connectivity index (χ1n) is 4.21. The maximum absolute atomic E-state index is 12.7. The molecular weight excluding hydrogens is 307 g/mol. The van der Waals surface area contributed by atoms with E-state index in [9.17, 15) is 23.1 Å². The molecule has 0 radical (unpaired) electrons. The van der Waals surface area contributed by atoms with Crippen molar-refractivity contribution < 1.29 is 28.2 Å². The van der Waals surface area contributed by atoms with Gasteiger partial charge in [-0.25, -0.2) is 4.79 Å². The Kier molecular flexibility index (Phi) is 3.68. The van der Waals surface area contributed by atoms with Gasteiger partial charge in [0.1, 0.15) is 0 Å². The molecule has 0 saturated carbocycles. The van der Waals surface area contributed by atoms with Crippen LogP contribution in [0.15, 0.2) is 16.6 Å². The molecule has 0 aliphatic rings. The number of halogens is 4. The van der Waals surface area contributed by atoms with Crippen LogP contribution < -0.4 is 5.73 Å². The minimum absolute atomic E-state index is 0.151. The van der Waals surface area contributed by atoms with Gasteiger partial charge in [-0.1, -0.05) is 15.9 Å². The van der Waals surface area contributed by atoms with Crippen molar-refractivity contribution in [3.8, 4) is 0 Å². The van der Waals surface area contributed by atoms with E-state index in [0.717, 1.165) is 12.1 Å². The molecule has 17 heavy (non-hydrogen) atoms. The smallest absolute Gasteiger partial charge is 0.418 e. The minimum Gasteiger partial charge on any atom is -0.479 e. The molecule has 0 saturated heterocycles. The Bertz CT molecular complexity index is 462. The van der Waals surface area contributed by atoms with Crippen molar-refractivity contribution in [1.29, 1.82) is 0 Å². The van der Waals surface area contributed by atoms with Crippen molar-refractivity contribution in [2.75, 3.05) is 5.73 Å². The van der Waals surface area contributed by atoms with Gasteiger partial charge in [0.15, 0.2) is 6.10 Å². The van der Waals surface area contributed by atoms with E-state index < -0.39 is 35.1 Å². The summed E-state index contributed by atoms with van der Waals surface area (Å²) < 4.78 is 38.1. The molecule has 1 aromatic carbocycles. The third-order valence-electron chi connectivity index (χ3n) is 1.98. The predicted octanol–water partition coefficient (Wildman–Crippen LogP) is 2.17. The van der Waals surface area contributed by atoms with Crippen LogP contribution in [-0.4, -0.2) is 16.2 Å². The summed E-state index contributed by atoms with van der Waals surface area (Å²) in [7, 11) is 0. The standard InChI is InChI=1S/C9H7BrF3NO3/c10-3-1-4(7(15)8(16)17)6(5(14)2-3)9(11,12)13/h1-2,7,15H,14H2,(H,16,17). The minimum atomic E-state index is -4.84. The van der Waals surface area contributed by atoms with E-state index in [1.54, 1.807) is 0 Å². The highest BCUT2D eigenvalue weighted by Gasteiger charge is 2.39. The number of aliphatic carboxylic acids is 1. The molecule has 0 aliphatic carbocycles. The highest BCUT2D eigenvalue weighted by atomic mass is 79.9. The summed E-state index contributed by atoms with van der Waals surface area (Å²) in [5.41, 5.74) is 2.41. The van der Waals surface area contributed by atoms with Crippen LogP contribution in [0.4, 0.5) is 18.9 Å². The van der Waals surface area contributed by atoms with Crippen LogP contribution in [0.1, 0.15) is 17.2 Å². The third-order valence-corrected chi connectivity index (χ3v) is 2.43. The molecule has 0 heterocycles. The van der Waals surface area contributed by atoms with Gasteiger partial charge in [-0.05, 0) is 12.1 Å². The molecule has 0 bridgehead atoms. The van der Waals surface area contributed by atoms with Crippen LogP contribution in [0.3, 0.4) is 0 Å². The summed E-state index contributed by atoms with van der Waals surface area (Å²) in [6, 6.07) is 1.86. The lowest BCUT2D eigenvalue weighted by Gasteiger charge is -2.17. The van der Waals surface area contributed by atoms with Crippen molar-refractivity contribution in [3.05, 3.63) is 27.7 Å². The number of anilines is 1. The maximum atomic E-state index is 12.7. The third kappa shape index (κ3) is 2.89. The molecule has 0 fully saturated rings. The molecule has 1 aromatic rings. The molecule has 94 valence electrons. The largest absolute Gasteiger partial charge is 0.479 e. The second-order valence-electron chi connectivity index (χ2n) is 3.20. The lowest BCUT2D eigenvalue weighted by Crippen LogP contribution is -2.19. The number of hydrogen-bond donors (Lipinski definition) is 3. The van der Waals surface area contributed by atoms with Crippen LogP contribution in [0, 0.1) is 0 Å². The van der Waals surface area contributed by atoms with E-state index in [1.807, 2.05) is 0 Å². The highest BCUT2D eigenvalue weighted by molar-refractivity contribution is 9.10. The summed E-state index contributed by atoms with van der Waals surface area (Å²) in [6.45, 7) is 0. The SMILES string of the molecule is Nc1cc(Br)cc(C(O)C(=O)O)c1C(F)(F)F. The summed E-state index contributed by atoms with van der Waals surface area (Å²) in [6.07, 6.45) is -7.12. The zero-order valence-electron chi connectivity index (χ0n) is 8.12. The molecule has 4 nitrogen and oxygen atoms in total. The Morgan fingerprint density at radius 2 is 1.94 bits per heavy atom. The summed E-state index contributed by atoms with van der Waals surface area (Å²) in [4.78, 5) is 10.5. The first-order chi connectivity index (χ1) is 7.64. The number of nitrogen functional groups attached to an aromatic ring is 1. The van der Waals surface area contributed by atoms with Crippen molar-refractivity contribution in [3.63, 3.8) is 0 Å². The molecule has 8 heteroatoms. The van der Waals surface area contributed by atoms with E-state index in [4.69, 9.17) is 10.8 Å². The number of carboxylic acid groups (broad SMARTS) is 1. The fourth-order valence-electron chi connectivity index (χ4n) is 1.33. The number of aliphatic hydroxyl groups is 1. The summed E-state index contributed by atoms with van der Waals surface area (Å²) >= 11 is 2.88. The lowest BCUT2D eigenvalue weighted by molar-refractivity contribution is -0.149. The number of benzene rings is 1. The Balaban J connectivity index is 3.52. The van der Waals surface area contributed by atoms with Gasteiger partial charge in [0.25, 0.3) is 0 Å². The van der Waals surface area contributed by atoms with Crippen molar-refractivity contribution in [2.45, 2.75) is 12.3 Å². The maximum Gasteiger partial charge on any atom is 0.418 e. The number of alkyl halides is 3. The van der Waals surface area contributed by atoms with Gasteiger partial charge in [-0.15, -0.1) is 0 Å². The zero-order valence-corrected chi connectivity index (χ0v) is 9.71. The number of aliphatic hydroxyl groups excluding tert-OH is 1. The first kappa shape index (κ1) is 13.8. The first-order valence-corrected chi connectivity index (χ1v) is 5.01. The van der Waals surface area contributed by atoms with Gasteiger partial charge >= 0.3 is 12.1 Å². The van der Waals surface area contributed by atoms with Gasteiger partial charge in [-0.2, -0.15) is 13.2 Å². The summed E-state index contributed by atoms with van der Waals surface area (Å²) in [5.74, 6) is -1.78. The molecule has 1 atom stereocenters. The van der Waals surface area contributed by atoms with Crippen LogP contribution in [-0.2, 0) is 11.0 Å². The second-order valence-corrected chi connectivity index (χ2v) is 4.11. The van der Waals surface area contributed by atoms with Crippen LogP contribution in [0.2, 0.25) is 0 Å². The van der Waals surface area contributed by atoms with Gasteiger partial charge < -0.3 is 15.9 Å². The van der Waals surface area contributed by atoms with Crippen LogP contribution in [0.25, 0.3) is 0 Å². The molecule has 1 rings (SSSR count). The molecule has 1 unspecified atom stereocenters. The number of nitrogens with two attached hydrogens (primary N) is 1. The van der Waals surface area contributed by atoms with Crippen molar-refractivity contribution >= 4 is 27.6 Å². The Hall–Kier alpha value is -1.28. The molecule has 4 N–H and O–H groups in total. The molecule has 0 aromatic heterocycles.